The summed E-state index contributed by atoms with van der Waals surface area (Å²) in [6, 6.07) is 4.34. The molecule has 0 saturated carbocycles. The van der Waals surface area contributed by atoms with Crippen molar-refractivity contribution in [3.63, 3.8) is 0 Å². The Morgan fingerprint density at radius 3 is 1.68 bits per heavy atom. The molecule has 1 rings (SSSR count). The molecule has 126 valence electrons. The molecular formula is C15H23I3O3Si. The molecule has 0 aromatic heterocycles. The molecule has 22 heavy (non-hydrogen) atoms. The van der Waals surface area contributed by atoms with E-state index in [-0.39, 0.29) is 0 Å². The Morgan fingerprint density at radius 1 is 0.818 bits per heavy atom. The van der Waals surface area contributed by atoms with Crippen LogP contribution in [0.15, 0.2) is 12.1 Å². The Labute approximate surface area is 176 Å². The van der Waals surface area contributed by atoms with E-state index >= 15 is 0 Å². The fraction of sp³-hybridized carbons (Fsp3) is 0.600. The van der Waals surface area contributed by atoms with Crippen molar-refractivity contribution in [2.24, 2.45) is 0 Å². The van der Waals surface area contributed by atoms with Crippen LogP contribution in [0.4, 0.5) is 0 Å². The maximum atomic E-state index is 6.24. The maximum Gasteiger partial charge on any atom is 0.538 e. The highest BCUT2D eigenvalue weighted by Crippen LogP contribution is 2.22. The van der Waals surface area contributed by atoms with E-state index in [0.29, 0.717) is 19.8 Å². The second-order valence-electron chi connectivity index (χ2n) is 4.85. The summed E-state index contributed by atoms with van der Waals surface area (Å²) in [6.07, 6.45) is 2.87. The summed E-state index contributed by atoms with van der Waals surface area (Å²) < 4.78 is 22.3. The standard InChI is InChI=1S/C15H23I3O3Si/c1-4-7-19-22(20-8-5-2,21-9-6-3)14-11-12(16)10-13(17)15(14)18/h10-11H,4-9H2,1-3H3. The lowest BCUT2D eigenvalue weighted by molar-refractivity contribution is 0.0730. The van der Waals surface area contributed by atoms with Crippen molar-refractivity contribution in [2.75, 3.05) is 19.8 Å². The molecule has 0 saturated heterocycles. The minimum atomic E-state index is -2.86. The van der Waals surface area contributed by atoms with Crippen LogP contribution in [0.3, 0.4) is 0 Å². The van der Waals surface area contributed by atoms with Gasteiger partial charge in [-0.1, -0.05) is 20.8 Å². The van der Waals surface area contributed by atoms with Crippen molar-refractivity contribution >= 4 is 81.8 Å². The predicted octanol–water partition coefficient (Wildman–Crippen LogP) is 4.93. The van der Waals surface area contributed by atoms with Crippen LogP contribution in [0, 0.1) is 10.7 Å². The van der Waals surface area contributed by atoms with E-state index < -0.39 is 8.80 Å². The van der Waals surface area contributed by atoms with Crippen LogP contribution in [0.5, 0.6) is 0 Å². The van der Waals surface area contributed by atoms with Crippen LogP contribution in [-0.2, 0) is 13.3 Å². The van der Waals surface area contributed by atoms with Gasteiger partial charge in [-0.2, -0.15) is 0 Å². The smallest absolute Gasteiger partial charge is 0.370 e. The van der Waals surface area contributed by atoms with Gasteiger partial charge in [-0.15, -0.1) is 0 Å². The van der Waals surface area contributed by atoms with Crippen LogP contribution in [-0.4, -0.2) is 28.6 Å². The molecule has 0 bridgehead atoms. The van der Waals surface area contributed by atoms with E-state index in [1.807, 2.05) is 0 Å². The first-order valence-corrected chi connectivity index (χ1v) is 12.5. The van der Waals surface area contributed by atoms with Gasteiger partial charge in [-0.05, 0) is 99.2 Å². The lowest BCUT2D eigenvalue weighted by atomic mass is 10.4. The number of hydrogen-bond donors (Lipinski definition) is 0. The molecule has 0 amide bonds. The van der Waals surface area contributed by atoms with Gasteiger partial charge < -0.3 is 13.3 Å². The molecule has 0 fully saturated rings. The summed E-state index contributed by atoms with van der Waals surface area (Å²) in [4.78, 5) is 0. The van der Waals surface area contributed by atoms with Gasteiger partial charge in [0.2, 0.25) is 0 Å². The summed E-state index contributed by atoms with van der Waals surface area (Å²) in [5.41, 5.74) is 0. The van der Waals surface area contributed by atoms with Crippen LogP contribution in [0.1, 0.15) is 40.0 Å². The monoisotopic (exact) mass is 660 g/mol. The second kappa shape index (κ2) is 11.2. The quantitative estimate of drug-likeness (QED) is 0.203. The van der Waals surface area contributed by atoms with Gasteiger partial charge in [0, 0.05) is 35.7 Å². The molecular weight excluding hydrogens is 637 g/mol. The Morgan fingerprint density at radius 2 is 1.27 bits per heavy atom. The van der Waals surface area contributed by atoms with Crippen LogP contribution in [0.2, 0.25) is 0 Å². The first-order valence-electron chi connectivity index (χ1n) is 7.57. The maximum absolute atomic E-state index is 6.24. The van der Waals surface area contributed by atoms with Gasteiger partial charge in [0.1, 0.15) is 0 Å². The molecule has 0 spiro atoms. The Bertz CT molecular complexity index is 450. The molecule has 3 nitrogen and oxygen atoms in total. The lowest BCUT2D eigenvalue weighted by Gasteiger charge is -2.31. The molecule has 7 heteroatoms. The topological polar surface area (TPSA) is 27.7 Å². The highest BCUT2D eigenvalue weighted by molar-refractivity contribution is 14.1. The first kappa shape index (κ1) is 21.5. The zero-order valence-corrected chi connectivity index (χ0v) is 20.7. The Balaban J connectivity index is 3.30. The summed E-state index contributed by atoms with van der Waals surface area (Å²) in [5.74, 6) is 0. The van der Waals surface area contributed by atoms with Gasteiger partial charge in [-0.25, -0.2) is 0 Å². The average molecular weight is 660 g/mol. The highest BCUT2D eigenvalue weighted by atomic mass is 127. The molecule has 0 N–H and O–H groups in total. The number of rotatable bonds is 10. The highest BCUT2D eigenvalue weighted by Gasteiger charge is 2.46. The van der Waals surface area contributed by atoms with E-state index in [4.69, 9.17) is 13.3 Å². The molecule has 0 unspecified atom stereocenters. The van der Waals surface area contributed by atoms with Gasteiger partial charge in [0.25, 0.3) is 0 Å². The summed E-state index contributed by atoms with van der Waals surface area (Å²) >= 11 is 7.11. The van der Waals surface area contributed by atoms with E-state index in [1.54, 1.807) is 0 Å². The molecule has 0 aliphatic carbocycles. The molecule has 0 radical (unpaired) electrons. The average Bonchev–Trinajstić information content (AvgIpc) is 2.51. The van der Waals surface area contributed by atoms with Crippen molar-refractivity contribution in [1.82, 2.24) is 0 Å². The second-order valence-corrected chi connectivity index (χ2v) is 10.9. The van der Waals surface area contributed by atoms with Crippen molar-refractivity contribution in [3.05, 3.63) is 22.8 Å². The Hall–Kier alpha value is 1.51. The SMILES string of the molecule is CCCO[Si](OCCC)(OCCC)c1cc(I)cc(I)c1I. The summed E-state index contributed by atoms with van der Waals surface area (Å²) in [5, 5.41) is 1.11. The molecule has 1 aromatic rings. The fourth-order valence-corrected chi connectivity index (χ4v) is 8.41. The van der Waals surface area contributed by atoms with Gasteiger partial charge in [0.15, 0.2) is 0 Å². The molecule has 1 aromatic carbocycles. The van der Waals surface area contributed by atoms with Crippen LogP contribution < -0.4 is 5.19 Å². The minimum absolute atomic E-state index is 0.664. The lowest BCUT2D eigenvalue weighted by Crippen LogP contribution is -2.58. The number of halogens is 3. The van der Waals surface area contributed by atoms with E-state index in [0.717, 1.165) is 24.4 Å². The third kappa shape index (κ3) is 6.10. The number of benzene rings is 1. The molecule has 0 aliphatic heterocycles. The Kier molecular flexibility index (Phi) is 11.0. The normalized spacial score (nSPS) is 11.9. The van der Waals surface area contributed by atoms with Gasteiger partial charge in [0.05, 0.1) is 0 Å². The summed E-state index contributed by atoms with van der Waals surface area (Å²) in [6.45, 7) is 8.33. The largest absolute Gasteiger partial charge is 0.538 e. The van der Waals surface area contributed by atoms with Crippen LogP contribution >= 0.6 is 67.8 Å². The summed E-state index contributed by atoms with van der Waals surface area (Å²) in [7, 11) is -2.86. The minimum Gasteiger partial charge on any atom is -0.370 e. The fourth-order valence-electron chi connectivity index (χ4n) is 1.85. The van der Waals surface area contributed by atoms with Crippen LogP contribution in [0.25, 0.3) is 0 Å². The number of hydrogen-bond acceptors (Lipinski definition) is 3. The first-order chi connectivity index (χ1) is 10.5. The van der Waals surface area contributed by atoms with Crippen molar-refractivity contribution < 1.29 is 13.3 Å². The molecule has 0 atom stereocenters. The molecule has 0 aliphatic rings. The predicted molar refractivity (Wildman–Crippen MR) is 119 cm³/mol. The van der Waals surface area contributed by atoms with E-state index in [9.17, 15) is 0 Å². The zero-order chi connectivity index (χ0) is 16.6. The van der Waals surface area contributed by atoms with Crippen molar-refractivity contribution in [1.29, 1.82) is 0 Å². The molecule has 0 heterocycles. The third-order valence-electron chi connectivity index (χ3n) is 2.81. The zero-order valence-electron chi connectivity index (χ0n) is 13.3. The van der Waals surface area contributed by atoms with E-state index in [1.165, 1.54) is 10.7 Å². The van der Waals surface area contributed by atoms with Gasteiger partial charge in [-0.3, -0.25) is 0 Å². The third-order valence-corrected chi connectivity index (χ3v) is 9.79. The van der Waals surface area contributed by atoms with Gasteiger partial charge >= 0.3 is 8.80 Å². The van der Waals surface area contributed by atoms with E-state index in [2.05, 4.69) is 101 Å². The van der Waals surface area contributed by atoms with Crippen molar-refractivity contribution in [2.45, 2.75) is 40.0 Å². The van der Waals surface area contributed by atoms with Crippen molar-refractivity contribution in [3.8, 4) is 0 Å².